The fraction of sp³-hybridized carbons (Fsp3) is 0.400. The van der Waals surface area contributed by atoms with E-state index in [0.29, 0.717) is 18.3 Å². The molecule has 0 heterocycles. The molecule has 0 spiro atoms. The Morgan fingerprint density at radius 2 is 1.48 bits per heavy atom. The van der Waals surface area contributed by atoms with Crippen molar-refractivity contribution in [3.8, 4) is 0 Å². The molecule has 2 aromatic rings. The molecule has 0 aromatic heterocycles. The van der Waals surface area contributed by atoms with Gasteiger partial charge in [0, 0.05) is 0 Å². The molecule has 0 atom stereocenters. The molecule has 5 nitrogen and oxygen atoms in total. The molecule has 0 saturated heterocycles. The minimum Gasteiger partial charge on any atom is -0.331 e. The quantitative estimate of drug-likeness (QED) is 0.382. The first-order valence-corrected chi connectivity index (χ1v) is 12.0. The Labute approximate surface area is 163 Å². The Morgan fingerprint density at radius 1 is 0.889 bits per heavy atom. The summed E-state index contributed by atoms with van der Waals surface area (Å²) in [6.45, 7) is 8.78. The Balaban J connectivity index is 2.65. The topological polar surface area (TPSA) is 54.0 Å². The molecular formula is C20H28O5P2. The number of fused-ring (bicyclic) bond motifs is 1. The molecule has 0 unspecified atom stereocenters. The van der Waals surface area contributed by atoms with Crippen LogP contribution in [0.1, 0.15) is 33.3 Å². The normalized spacial score (nSPS) is 12.9. The van der Waals surface area contributed by atoms with Gasteiger partial charge in [-0.2, -0.15) is 0 Å². The highest BCUT2D eigenvalue weighted by Gasteiger charge is 2.37. The van der Waals surface area contributed by atoms with E-state index in [1.165, 1.54) is 0 Å². The fourth-order valence-electron chi connectivity index (χ4n) is 2.66. The second kappa shape index (κ2) is 11.1. The van der Waals surface area contributed by atoms with E-state index in [0.717, 1.165) is 16.3 Å². The maximum Gasteiger partial charge on any atom is 0.366 e. The van der Waals surface area contributed by atoms with Gasteiger partial charge in [0.2, 0.25) is 8.38 Å². The molecule has 0 aliphatic rings. The second-order valence-corrected chi connectivity index (χ2v) is 9.35. The van der Waals surface area contributed by atoms with Crippen molar-refractivity contribution in [2.75, 3.05) is 26.4 Å². The fourth-order valence-corrected chi connectivity index (χ4v) is 6.52. The largest absolute Gasteiger partial charge is 0.366 e. The van der Waals surface area contributed by atoms with E-state index in [9.17, 15) is 4.57 Å². The third-order valence-electron chi connectivity index (χ3n) is 3.67. The van der Waals surface area contributed by atoms with Gasteiger partial charge in [-0.05, 0) is 50.1 Å². The average Bonchev–Trinajstić information content (AvgIpc) is 2.66. The van der Waals surface area contributed by atoms with E-state index < -0.39 is 16.0 Å². The first-order chi connectivity index (χ1) is 13.1. The average molecular weight is 410 g/mol. The van der Waals surface area contributed by atoms with Crippen LogP contribution in [0.15, 0.2) is 47.5 Å². The number of hydrogen-bond acceptors (Lipinski definition) is 5. The van der Waals surface area contributed by atoms with E-state index in [1.807, 2.05) is 62.4 Å². The van der Waals surface area contributed by atoms with Crippen LogP contribution in [0.25, 0.3) is 16.8 Å². The summed E-state index contributed by atoms with van der Waals surface area (Å²) in [5, 5.41) is 2.60. The predicted molar refractivity (Wildman–Crippen MR) is 113 cm³/mol. The zero-order valence-electron chi connectivity index (χ0n) is 16.4. The summed E-state index contributed by atoms with van der Waals surface area (Å²) in [5.74, 6) is 0. The van der Waals surface area contributed by atoms with Crippen LogP contribution < -0.4 is 0 Å². The first kappa shape index (κ1) is 22.2. The van der Waals surface area contributed by atoms with Gasteiger partial charge in [-0.1, -0.05) is 42.5 Å². The van der Waals surface area contributed by atoms with E-state index in [2.05, 4.69) is 0 Å². The molecule has 0 fully saturated rings. The second-order valence-electron chi connectivity index (χ2n) is 5.50. The molecule has 0 N–H and O–H groups in total. The lowest BCUT2D eigenvalue weighted by Crippen LogP contribution is -2.02. The van der Waals surface area contributed by atoms with Crippen molar-refractivity contribution in [3.05, 3.63) is 53.1 Å². The van der Waals surface area contributed by atoms with Crippen LogP contribution in [-0.4, -0.2) is 26.4 Å². The molecule has 2 rings (SSSR count). The van der Waals surface area contributed by atoms with Crippen molar-refractivity contribution in [2.24, 2.45) is 0 Å². The Bertz CT molecular complexity index is 785. The van der Waals surface area contributed by atoms with Gasteiger partial charge in [-0.25, -0.2) is 0 Å². The molecule has 0 radical (unpaired) electrons. The lowest BCUT2D eigenvalue weighted by molar-refractivity contribution is 0.225. The Kier molecular flexibility index (Phi) is 9.11. The van der Waals surface area contributed by atoms with Gasteiger partial charge in [0.05, 0.1) is 26.4 Å². The van der Waals surface area contributed by atoms with Gasteiger partial charge in [-0.15, -0.1) is 0 Å². The molecule has 2 aromatic carbocycles. The summed E-state index contributed by atoms with van der Waals surface area (Å²) in [7, 11) is -5.11. The highest BCUT2D eigenvalue weighted by molar-refractivity contribution is 7.76. The molecule has 0 aliphatic heterocycles. The lowest BCUT2D eigenvalue weighted by atomic mass is 10.1. The van der Waals surface area contributed by atoms with Crippen LogP contribution in [0.5, 0.6) is 0 Å². The monoisotopic (exact) mass is 410 g/mol. The Morgan fingerprint density at radius 3 is 2.07 bits per heavy atom. The maximum absolute atomic E-state index is 13.6. The van der Waals surface area contributed by atoms with Crippen molar-refractivity contribution in [1.29, 1.82) is 0 Å². The van der Waals surface area contributed by atoms with Crippen molar-refractivity contribution in [3.63, 3.8) is 0 Å². The summed E-state index contributed by atoms with van der Waals surface area (Å²) in [5.41, 5.74) is 0.926. The molecule has 0 saturated carbocycles. The van der Waals surface area contributed by atoms with Gasteiger partial charge in [0.15, 0.2) is 0 Å². The minimum absolute atomic E-state index is 0.269. The summed E-state index contributed by atoms with van der Waals surface area (Å²) < 4.78 is 36.4. The number of benzene rings is 2. The van der Waals surface area contributed by atoms with Crippen LogP contribution in [0.3, 0.4) is 0 Å². The maximum atomic E-state index is 13.6. The van der Waals surface area contributed by atoms with Gasteiger partial charge in [0.1, 0.15) is 5.06 Å². The SMILES string of the molecule is CCOP(OCC)/C(=C\c1cccc2ccccc12)P(=O)(OCC)OCC. The number of hydrogen-bond donors (Lipinski definition) is 0. The van der Waals surface area contributed by atoms with Crippen molar-refractivity contribution < 1.29 is 22.7 Å². The van der Waals surface area contributed by atoms with Crippen LogP contribution >= 0.6 is 16.0 Å². The van der Waals surface area contributed by atoms with E-state index in [4.69, 9.17) is 18.1 Å². The molecule has 0 aliphatic carbocycles. The molecular weight excluding hydrogens is 382 g/mol. The van der Waals surface area contributed by atoms with Crippen molar-refractivity contribution in [1.82, 2.24) is 0 Å². The molecule has 148 valence electrons. The van der Waals surface area contributed by atoms with Crippen LogP contribution in [0, 0.1) is 0 Å². The van der Waals surface area contributed by atoms with E-state index >= 15 is 0 Å². The van der Waals surface area contributed by atoms with Crippen molar-refractivity contribution in [2.45, 2.75) is 27.7 Å². The van der Waals surface area contributed by atoms with Crippen LogP contribution in [0.4, 0.5) is 0 Å². The third-order valence-corrected chi connectivity index (χ3v) is 8.27. The van der Waals surface area contributed by atoms with Crippen LogP contribution in [-0.2, 0) is 22.7 Å². The summed E-state index contributed by atoms with van der Waals surface area (Å²) in [6, 6.07) is 14.1. The smallest absolute Gasteiger partial charge is 0.331 e. The summed E-state index contributed by atoms with van der Waals surface area (Å²) in [6.07, 6.45) is 1.85. The van der Waals surface area contributed by atoms with E-state index in [-0.39, 0.29) is 13.2 Å². The van der Waals surface area contributed by atoms with Crippen LogP contribution in [0.2, 0.25) is 0 Å². The van der Waals surface area contributed by atoms with Gasteiger partial charge in [0.25, 0.3) is 0 Å². The number of rotatable bonds is 11. The highest BCUT2D eigenvalue weighted by atomic mass is 31.2. The standard InChI is InChI=1S/C20H28O5P2/c1-5-22-26(23-6-2)20(27(21,24-7-3)25-8-4)16-18-14-11-13-17-12-9-10-15-19(17)18/h9-16H,5-8H2,1-4H3/b20-16+. The molecule has 7 heteroatoms. The zero-order chi connectivity index (χ0) is 19.7. The predicted octanol–water partition coefficient (Wildman–Crippen LogP) is 6.79. The highest BCUT2D eigenvalue weighted by Crippen LogP contribution is 2.70. The molecule has 27 heavy (non-hydrogen) atoms. The molecule has 0 bridgehead atoms. The Hall–Kier alpha value is -1.06. The van der Waals surface area contributed by atoms with Crippen molar-refractivity contribution >= 4 is 32.8 Å². The minimum atomic E-state index is -3.55. The summed E-state index contributed by atoms with van der Waals surface area (Å²) >= 11 is 0. The molecule has 0 amide bonds. The third kappa shape index (κ3) is 5.71. The lowest BCUT2D eigenvalue weighted by Gasteiger charge is -2.25. The summed E-state index contributed by atoms with van der Waals surface area (Å²) in [4.78, 5) is 0. The van der Waals surface area contributed by atoms with Gasteiger partial charge >= 0.3 is 7.60 Å². The van der Waals surface area contributed by atoms with Gasteiger partial charge < -0.3 is 18.1 Å². The zero-order valence-corrected chi connectivity index (χ0v) is 18.2. The van der Waals surface area contributed by atoms with Gasteiger partial charge in [-0.3, -0.25) is 4.57 Å². The first-order valence-electron chi connectivity index (χ1n) is 9.24. The van der Waals surface area contributed by atoms with E-state index in [1.54, 1.807) is 13.8 Å².